The summed E-state index contributed by atoms with van der Waals surface area (Å²) in [4.78, 5) is 8.14. The SMILES string of the molecule is COc1c(NN)ncnc1Nc1ccc(C)cc1Br. The predicted octanol–water partition coefficient (Wildman–Crippen LogP) is 2.59. The predicted molar refractivity (Wildman–Crippen MR) is 78.6 cm³/mol. The van der Waals surface area contributed by atoms with Crippen molar-refractivity contribution in [2.24, 2.45) is 5.84 Å². The number of ether oxygens (including phenoxy) is 1. The quantitative estimate of drug-likeness (QED) is 0.592. The summed E-state index contributed by atoms with van der Waals surface area (Å²) >= 11 is 3.50. The lowest BCUT2D eigenvalue weighted by atomic mass is 10.2. The van der Waals surface area contributed by atoms with Crippen molar-refractivity contribution in [1.29, 1.82) is 0 Å². The molecule has 0 bridgehead atoms. The summed E-state index contributed by atoms with van der Waals surface area (Å²) in [5.74, 6) is 6.79. The van der Waals surface area contributed by atoms with E-state index in [9.17, 15) is 0 Å². The molecule has 0 aliphatic rings. The third kappa shape index (κ3) is 2.94. The van der Waals surface area contributed by atoms with Gasteiger partial charge in [0, 0.05) is 4.47 Å². The summed E-state index contributed by atoms with van der Waals surface area (Å²) in [6.45, 7) is 2.02. The van der Waals surface area contributed by atoms with Gasteiger partial charge in [-0.25, -0.2) is 15.8 Å². The van der Waals surface area contributed by atoms with Crippen molar-refractivity contribution in [2.75, 3.05) is 17.9 Å². The number of aromatic nitrogens is 2. The molecule has 100 valence electrons. The lowest BCUT2D eigenvalue weighted by Gasteiger charge is -2.13. The van der Waals surface area contributed by atoms with E-state index in [0.717, 1.165) is 15.7 Å². The van der Waals surface area contributed by atoms with E-state index in [2.05, 4.69) is 36.6 Å². The van der Waals surface area contributed by atoms with Gasteiger partial charge in [0.1, 0.15) is 6.33 Å². The van der Waals surface area contributed by atoms with E-state index in [1.165, 1.54) is 13.4 Å². The zero-order valence-corrected chi connectivity index (χ0v) is 12.2. The van der Waals surface area contributed by atoms with Gasteiger partial charge >= 0.3 is 0 Å². The first-order valence-corrected chi connectivity index (χ1v) is 6.33. The second-order valence-electron chi connectivity index (χ2n) is 3.86. The number of aryl methyl sites for hydroxylation is 1. The number of halogens is 1. The van der Waals surface area contributed by atoms with Crippen LogP contribution in [0.1, 0.15) is 5.56 Å². The number of nitrogens with two attached hydrogens (primary N) is 1. The van der Waals surface area contributed by atoms with Crippen LogP contribution >= 0.6 is 15.9 Å². The van der Waals surface area contributed by atoms with Crippen molar-refractivity contribution in [3.63, 3.8) is 0 Å². The summed E-state index contributed by atoms with van der Waals surface area (Å²) in [7, 11) is 1.54. The van der Waals surface area contributed by atoms with E-state index in [1.54, 1.807) is 0 Å². The molecule has 19 heavy (non-hydrogen) atoms. The fraction of sp³-hybridized carbons (Fsp3) is 0.167. The van der Waals surface area contributed by atoms with Crippen molar-refractivity contribution >= 4 is 33.3 Å². The first kappa shape index (κ1) is 13.6. The molecule has 0 unspecified atom stereocenters. The number of hydrogen-bond acceptors (Lipinski definition) is 6. The fourth-order valence-electron chi connectivity index (χ4n) is 1.61. The number of anilines is 3. The summed E-state index contributed by atoms with van der Waals surface area (Å²) < 4.78 is 6.20. The van der Waals surface area contributed by atoms with E-state index >= 15 is 0 Å². The van der Waals surface area contributed by atoms with Gasteiger partial charge in [0.25, 0.3) is 0 Å². The number of benzene rings is 1. The van der Waals surface area contributed by atoms with E-state index in [-0.39, 0.29) is 0 Å². The van der Waals surface area contributed by atoms with Gasteiger partial charge in [0.05, 0.1) is 12.8 Å². The minimum atomic E-state index is 0.420. The Morgan fingerprint density at radius 3 is 2.63 bits per heavy atom. The molecule has 0 fully saturated rings. The molecule has 4 N–H and O–H groups in total. The molecule has 0 radical (unpaired) electrons. The first-order chi connectivity index (χ1) is 9.15. The number of rotatable bonds is 4. The number of nitrogen functional groups attached to an aromatic ring is 1. The highest BCUT2D eigenvalue weighted by Gasteiger charge is 2.12. The van der Waals surface area contributed by atoms with Gasteiger partial charge in [-0.15, -0.1) is 0 Å². The van der Waals surface area contributed by atoms with E-state index in [0.29, 0.717) is 17.4 Å². The lowest BCUT2D eigenvalue weighted by molar-refractivity contribution is 0.415. The first-order valence-electron chi connectivity index (χ1n) is 5.54. The summed E-state index contributed by atoms with van der Waals surface area (Å²) in [6.07, 6.45) is 1.40. The van der Waals surface area contributed by atoms with E-state index in [4.69, 9.17) is 10.6 Å². The molecule has 0 amide bonds. The van der Waals surface area contributed by atoms with Gasteiger partial charge in [-0.2, -0.15) is 0 Å². The summed E-state index contributed by atoms with van der Waals surface area (Å²) in [5.41, 5.74) is 4.51. The number of methoxy groups -OCH3 is 1. The highest BCUT2D eigenvalue weighted by atomic mass is 79.9. The minimum Gasteiger partial charge on any atom is -0.490 e. The molecule has 0 spiro atoms. The van der Waals surface area contributed by atoms with Gasteiger partial charge in [-0.3, -0.25) is 0 Å². The average Bonchev–Trinajstić information content (AvgIpc) is 2.41. The molecule has 0 saturated carbocycles. The Hall–Kier alpha value is -1.86. The van der Waals surface area contributed by atoms with E-state index < -0.39 is 0 Å². The third-order valence-electron chi connectivity index (χ3n) is 2.52. The number of hydrogen-bond donors (Lipinski definition) is 3. The zero-order valence-electron chi connectivity index (χ0n) is 10.6. The smallest absolute Gasteiger partial charge is 0.205 e. The minimum absolute atomic E-state index is 0.420. The van der Waals surface area contributed by atoms with Gasteiger partial charge in [-0.1, -0.05) is 6.07 Å². The highest BCUT2D eigenvalue weighted by Crippen LogP contribution is 2.33. The van der Waals surface area contributed by atoms with E-state index in [1.807, 2.05) is 25.1 Å². The van der Waals surface area contributed by atoms with Crippen molar-refractivity contribution in [3.05, 3.63) is 34.6 Å². The Morgan fingerprint density at radius 1 is 1.26 bits per heavy atom. The van der Waals surface area contributed by atoms with Gasteiger partial charge in [0.2, 0.25) is 5.75 Å². The van der Waals surface area contributed by atoms with Crippen molar-refractivity contribution in [1.82, 2.24) is 9.97 Å². The molecule has 0 atom stereocenters. The standard InChI is InChI=1S/C12H14BrN5O/c1-7-3-4-9(8(13)5-7)17-11-10(19-2)12(18-14)16-6-15-11/h3-6H,14H2,1-2H3,(H2,15,16,17,18). The van der Waals surface area contributed by atoms with Crippen LogP contribution in [-0.4, -0.2) is 17.1 Å². The Bertz CT molecular complexity index is 590. The normalized spacial score (nSPS) is 10.1. The van der Waals surface area contributed by atoms with Crippen LogP contribution < -0.4 is 21.3 Å². The molecular weight excluding hydrogens is 310 g/mol. The Kier molecular flexibility index (Phi) is 4.18. The van der Waals surface area contributed by atoms with Gasteiger partial charge in [0.15, 0.2) is 11.6 Å². The number of hydrazine groups is 1. The fourth-order valence-corrected chi connectivity index (χ4v) is 2.20. The van der Waals surface area contributed by atoms with Crippen LogP contribution in [0.3, 0.4) is 0 Å². The molecule has 2 aromatic rings. The van der Waals surface area contributed by atoms with Crippen molar-refractivity contribution < 1.29 is 4.74 Å². The Morgan fingerprint density at radius 2 is 2.00 bits per heavy atom. The van der Waals surface area contributed by atoms with Gasteiger partial charge < -0.3 is 15.5 Å². The maximum atomic E-state index is 5.38. The molecule has 0 aliphatic heterocycles. The molecule has 6 nitrogen and oxygen atoms in total. The maximum Gasteiger partial charge on any atom is 0.205 e. The molecular formula is C12H14BrN5O. The number of nitrogens with one attached hydrogen (secondary N) is 2. The highest BCUT2D eigenvalue weighted by molar-refractivity contribution is 9.10. The van der Waals surface area contributed by atoms with Crippen molar-refractivity contribution in [2.45, 2.75) is 6.92 Å². The topological polar surface area (TPSA) is 85.1 Å². The third-order valence-corrected chi connectivity index (χ3v) is 3.18. The van der Waals surface area contributed by atoms with Crippen LogP contribution in [0.25, 0.3) is 0 Å². The summed E-state index contributed by atoms with van der Waals surface area (Å²) in [5, 5.41) is 3.18. The molecule has 0 aliphatic carbocycles. The molecule has 1 heterocycles. The number of nitrogens with zero attached hydrogens (tertiary/aromatic N) is 2. The maximum absolute atomic E-state index is 5.38. The molecule has 1 aromatic carbocycles. The lowest BCUT2D eigenvalue weighted by Crippen LogP contribution is -2.11. The molecule has 1 aromatic heterocycles. The molecule has 7 heteroatoms. The van der Waals surface area contributed by atoms with Crippen LogP contribution in [0.5, 0.6) is 5.75 Å². The summed E-state index contributed by atoms with van der Waals surface area (Å²) in [6, 6.07) is 5.97. The van der Waals surface area contributed by atoms with Crippen LogP contribution in [0.15, 0.2) is 29.0 Å². The van der Waals surface area contributed by atoms with Gasteiger partial charge in [-0.05, 0) is 40.5 Å². The van der Waals surface area contributed by atoms with Crippen LogP contribution in [0.4, 0.5) is 17.3 Å². The molecule has 2 rings (SSSR count). The Labute approximate surface area is 119 Å². The van der Waals surface area contributed by atoms with Crippen molar-refractivity contribution in [3.8, 4) is 5.75 Å². The second-order valence-corrected chi connectivity index (χ2v) is 4.71. The van der Waals surface area contributed by atoms with Crippen LogP contribution in [-0.2, 0) is 0 Å². The average molecular weight is 324 g/mol. The Balaban J connectivity index is 2.37. The largest absolute Gasteiger partial charge is 0.490 e. The second kappa shape index (κ2) is 5.85. The molecule has 0 saturated heterocycles. The zero-order chi connectivity index (χ0) is 13.8. The monoisotopic (exact) mass is 323 g/mol. The van der Waals surface area contributed by atoms with Crippen LogP contribution in [0, 0.1) is 6.92 Å². The van der Waals surface area contributed by atoms with Crippen LogP contribution in [0.2, 0.25) is 0 Å².